The van der Waals surface area contributed by atoms with E-state index in [-0.39, 0.29) is 9.92 Å². The van der Waals surface area contributed by atoms with Gasteiger partial charge in [0.15, 0.2) is 0 Å². The predicted octanol–water partition coefficient (Wildman–Crippen LogP) is 1.95. The third kappa shape index (κ3) is 3.29. The maximum absolute atomic E-state index is 12.3. The van der Waals surface area contributed by atoms with E-state index < -0.39 is 15.6 Å². The van der Waals surface area contributed by atoms with Gasteiger partial charge in [0, 0.05) is 24.7 Å². The molecule has 2 aromatic rings. The van der Waals surface area contributed by atoms with Crippen molar-refractivity contribution in [1.82, 2.24) is 9.29 Å². The fraction of sp³-hybridized carbons (Fsp3) is 0.250. The zero-order valence-corrected chi connectivity index (χ0v) is 13.1. The Morgan fingerprint density at radius 3 is 2.80 bits per heavy atom. The number of thiophene rings is 1. The summed E-state index contributed by atoms with van der Waals surface area (Å²) in [5.41, 5.74) is -0.508. The van der Waals surface area contributed by atoms with E-state index in [9.17, 15) is 13.2 Å². The lowest BCUT2D eigenvalue weighted by Gasteiger charge is -2.16. The quantitative estimate of drug-likeness (QED) is 0.909. The van der Waals surface area contributed by atoms with Crippen LogP contribution in [0.25, 0.3) is 0 Å². The van der Waals surface area contributed by atoms with E-state index in [1.807, 2.05) is 17.5 Å². The maximum Gasteiger partial charge on any atom is 0.266 e. The summed E-state index contributed by atoms with van der Waals surface area (Å²) in [6, 6.07) is 5.05. The van der Waals surface area contributed by atoms with Crippen molar-refractivity contribution in [3.05, 3.63) is 50.0 Å². The van der Waals surface area contributed by atoms with E-state index in [1.54, 1.807) is 11.3 Å². The van der Waals surface area contributed by atoms with E-state index in [1.165, 1.54) is 11.4 Å². The molecule has 0 fully saturated rings. The first-order chi connectivity index (χ1) is 9.41. The largest absolute Gasteiger partial charge is 0.326 e. The molecule has 0 aliphatic rings. The Labute approximate surface area is 125 Å². The third-order valence-corrected chi connectivity index (χ3v) is 5.84. The number of rotatable bonds is 5. The van der Waals surface area contributed by atoms with Crippen molar-refractivity contribution in [3.8, 4) is 0 Å². The van der Waals surface area contributed by atoms with E-state index in [4.69, 9.17) is 11.6 Å². The number of aromatic nitrogens is 1. The van der Waals surface area contributed by atoms with Gasteiger partial charge in [0.05, 0.1) is 4.90 Å². The summed E-state index contributed by atoms with van der Waals surface area (Å²) in [6.07, 6.45) is 1.80. The van der Waals surface area contributed by atoms with Gasteiger partial charge in [-0.3, -0.25) is 4.79 Å². The molecular formula is C12H13ClN2O3S2. The van der Waals surface area contributed by atoms with Crippen molar-refractivity contribution < 1.29 is 8.42 Å². The molecule has 0 bridgehead atoms. The van der Waals surface area contributed by atoms with E-state index in [2.05, 4.69) is 4.98 Å². The standard InChI is InChI=1S/C12H13ClN2O3S2/c1-15(5-4-9-3-2-6-19-9)20(17,18)10-7-11(13)12(16)14-8-10/h2-3,6-8H,4-5H2,1H3,(H,14,16). The lowest BCUT2D eigenvalue weighted by Crippen LogP contribution is -2.29. The summed E-state index contributed by atoms with van der Waals surface area (Å²) in [5, 5.41) is 1.81. The molecular weight excluding hydrogens is 320 g/mol. The number of pyridine rings is 1. The van der Waals surface area contributed by atoms with Gasteiger partial charge in [-0.05, 0) is 23.9 Å². The van der Waals surface area contributed by atoms with Gasteiger partial charge in [-0.1, -0.05) is 17.7 Å². The minimum atomic E-state index is -3.65. The molecule has 0 saturated carbocycles. The summed E-state index contributed by atoms with van der Waals surface area (Å²) in [7, 11) is -2.15. The smallest absolute Gasteiger partial charge is 0.266 e. The molecule has 0 atom stereocenters. The fourth-order valence-electron chi connectivity index (χ4n) is 1.61. The summed E-state index contributed by atoms with van der Waals surface area (Å²) in [4.78, 5) is 14.6. The highest BCUT2D eigenvalue weighted by Gasteiger charge is 2.21. The normalized spacial score (nSPS) is 11.9. The highest BCUT2D eigenvalue weighted by molar-refractivity contribution is 7.89. The molecule has 0 aromatic carbocycles. The van der Waals surface area contributed by atoms with Crippen molar-refractivity contribution in [1.29, 1.82) is 0 Å². The van der Waals surface area contributed by atoms with Crippen LogP contribution in [0.15, 0.2) is 39.5 Å². The SMILES string of the molecule is CN(CCc1cccs1)S(=O)(=O)c1c[nH]c(=O)c(Cl)c1. The van der Waals surface area contributed by atoms with Gasteiger partial charge in [0.1, 0.15) is 5.02 Å². The van der Waals surface area contributed by atoms with Crippen molar-refractivity contribution in [2.75, 3.05) is 13.6 Å². The van der Waals surface area contributed by atoms with Crippen LogP contribution in [-0.4, -0.2) is 31.3 Å². The van der Waals surface area contributed by atoms with Crippen molar-refractivity contribution >= 4 is 33.0 Å². The Hall–Kier alpha value is -1.15. The molecule has 1 N–H and O–H groups in total. The molecule has 0 radical (unpaired) electrons. The Bertz CT molecular complexity index is 738. The topological polar surface area (TPSA) is 70.2 Å². The molecule has 0 spiro atoms. The van der Waals surface area contributed by atoms with Crippen LogP contribution in [0.3, 0.4) is 0 Å². The van der Waals surface area contributed by atoms with Gasteiger partial charge in [-0.25, -0.2) is 12.7 Å². The van der Waals surface area contributed by atoms with E-state index in [0.29, 0.717) is 13.0 Å². The number of halogens is 1. The van der Waals surface area contributed by atoms with E-state index in [0.717, 1.165) is 17.1 Å². The first kappa shape index (κ1) is 15.2. The molecule has 2 rings (SSSR count). The number of sulfonamides is 1. The van der Waals surface area contributed by atoms with Gasteiger partial charge >= 0.3 is 0 Å². The third-order valence-electron chi connectivity index (χ3n) is 2.79. The van der Waals surface area contributed by atoms with Crippen LogP contribution >= 0.6 is 22.9 Å². The average molecular weight is 333 g/mol. The Balaban J connectivity index is 2.16. The van der Waals surface area contributed by atoms with Crippen LogP contribution in [0, 0.1) is 0 Å². The zero-order chi connectivity index (χ0) is 14.8. The molecule has 108 valence electrons. The Kier molecular flexibility index (Phi) is 4.64. The first-order valence-corrected chi connectivity index (χ1v) is 8.48. The molecule has 5 nitrogen and oxygen atoms in total. The first-order valence-electron chi connectivity index (χ1n) is 5.78. The van der Waals surface area contributed by atoms with Gasteiger partial charge in [0.2, 0.25) is 10.0 Å². The molecule has 0 unspecified atom stereocenters. The number of nitrogens with one attached hydrogen (secondary N) is 1. The minimum Gasteiger partial charge on any atom is -0.326 e. The van der Waals surface area contributed by atoms with Crippen LogP contribution in [-0.2, 0) is 16.4 Å². The zero-order valence-electron chi connectivity index (χ0n) is 10.7. The van der Waals surface area contributed by atoms with Crippen LogP contribution in [0.5, 0.6) is 0 Å². The molecule has 2 heterocycles. The maximum atomic E-state index is 12.3. The molecule has 0 amide bonds. The van der Waals surface area contributed by atoms with Gasteiger partial charge in [-0.15, -0.1) is 11.3 Å². The minimum absolute atomic E-state index is 0.0178. The van der Waals surface area contributed by atoms with Gasteiger partial charge in [0.25, 0.3) is 5.56 Å². The number of likely N-dealkylation sites (N-methyl/N-ethyl adjacent to an activating group) is 1. The number of aromatic amines is 1. The number of hydrogen-bond donors (Lipinski definition) is 1. The summed E-state index contributed by atoms with van der Waals surface area (Å²) >= 11 is 7.24. The molecule has 0 saturated heterocycles. The van der Waals surface area contributed by atoms with Crippen molar-refractivity contribution in [2.24, 2.45) is 0 Å². The van der Waals surface area contributed by atoms with Crippen LogP contribution in [0.4, 0.5) is 0 Å². The molecule has 20 heavy (non-hydrogen) atoms. The summed E-state index contributed by atoms with van der Waals surface area (Å²) < 4.78 is 25.9. The second-order valence-corrected chi connectivity index (χ2v) is 7.65. The highest BCUT2D eigenvalue weighted by atomic mass is 35.5. The van der Waals surface area contributed by atoms with E-state index >= 15 is 0 Å². The second-order valence-electron chi connectivity index (χ2n) is 4.17. The van der Waals surface area contributed by atoms with Crippen LogP contribution in [0.2, 0.25) is 5.02 Å². The van der Waals surface area contributed by atoms with Gasteiger partial charge < -0.3 is 4.98 Å². The summed E-state index contributed by atoms with van der Waals surface area (Å²) in [5.74, 6) is 0. The number of nitrogens with zero attached hydrogens (tertiary/aromatic N) is 1. The lowest BCUT2D eigenvalue weighted by atomic mass is 10.3. The van der Waals surface area contributed by atoms with Crippen molar-refractivity contribution in [3.63, 3.8) is 0 Å². The fourth-order valence-corrected chi connectivity index (χ4v) is 3.71. The van der Waals surface area contributed by atoms with Crippen LogP contribution < -0.4 is 5.56 Å². The molecule has 0 aliphatic carbocycles. The van der Waals surface area contributed by atoms with Crippen molar-refractivity contribution in [2.45, 2.75) is 11.3 Å². The van der Waals surface area contributed by atoms with Gasteiger partial charge in [-0.2, -0.15) is 0 Å². The highest BCUT2D eigenvalue weighted by Crippen LogP contribution is 2.16. The Morgan fingerprint density at radius 2 is 2.20 bits per heavy atom. The molecule has 2 aromatic heterocycles. The lowest BCUT2D eigenvalue weighted by molar-refractivity contribution is 0.473. The molecule has 0 aliphatic heterocycles. The number of hydrogen-bond acceptors (Lipinski definition) is 4. The predicted molar refractivity (Wildman–Crippen MR) is 79.9 cm³/mol. The average Bonchev–Trinajstić information content (AvgIpc) is 2.92. The second kappa shape index (κ2) is 6.09. The monoisotopic (exact) mass is 332 g/mol. The Morgan fingerprint density at radius 1 is 1.45 bits per heavy atom. The van der Waals surface area contributed by atoms with Crippen LogP contribution in [0.1, 0.15) is 4.88 Å². The summed E-state index contributed by atoms with van der Waals surface area (Å²) in [6.45, 7) is 0.361. The number of H-pyrrole nitrogens is 1. The molecule has 8 heteroatoms.